The smallest absolute Gasteiger partial charge is 0.238 e. The number of imide groups is 1. The number of aromatic hydroxyl groups is 1. The Kier molecular flexibility index (Phi) is 6.78. The van der Waals surface area contributed by atoms with Crippen LogP contribution in [0, 0.1) is 31.6 Å². The number of allylic oxidation sites excluding steroid dienone is 6. The van der Waals surface area contributed by atoms with Crippen LogP contribution in [0.3, 0.4) is 0 Å². The Balaban J connectivity index is 1.28. The van der Waals surface area contributed by atoms with Gasteiger partial charge in [-0.2, -0.15) is 0 Å². The first-order valence-corrected chi connectivity index (χ1v) is 15.4. The van der Waals surface area contributed by atoms with Crippen molar-refractivity contribution in [3.63, 3.8) is 0 Å². The number of benzene rings is 2. The number of anilines is 2. The van der Waals surface area contributed by atoms with Crippen LogP contribution in [0.1, 0.15) is 35.4 Å². The van der Waals surface area contributed by atoms with Gasteiger partial charge in [-0.15, -0.1) is 0 Å². The summed E-state index contributed by atoms with van der Waals surface area (Å²) in [5.41, 5.74) is 5.38. The number of carbonyl (C=O) groups excluding carboxylic acids is 4. The number of amides is 2. The number of rotatable bonds is 3. The van der Waals surface area contributed by atoms with Crippen LogP contribution < -0.4 is 9.80 Å². The molecule has 8 nitrogen and oxygen atoms in total. The zero-order chi connectivity index (χ0) is 30.2. The minimum atomic E-state index is -0.644. The second kappa shape index (κ2) is 10.4. The lowest BCUT2D eigenvalue weighted by Gasteiger charge is -2.42. The third-order valence-electron chi connectivity index (χ3n) is 9.66. The maximum absolute atomic E-state index is 14.2. The molecule has 7 rings (SSSR count). The van der Waals surface area contributed by atoms with E-state index in [4.69, 9.17) is 4.74 Å². The molecule has 2 aromatic rings. The van der Waals surface area contributed by atoms with Crippen LogP contribution in [0.5, 0.6) is 5.75 Å². The van der Waals surface area contributed by atoms with E-state index in [0.717, 1.165) is 29.9 Å². The van der Waals surface area contributed by atoms with Crippen LogP contribution in [0.2, 0.25) is 0 Å². The van der Waals surface area contributed by atoms with Crippen LogP contribution in [0.15, 0.2) is 69.8 Å². The SMILES string of the molecule is Cc1cc([C@H]2C3=CC[C@@H]4C(=O)N(c5ccc(N6CCOCC6)cc5)C(=O)[C@@H]4[C@@H]3CC3=C2C(=O)C=C(Br)C3=O)cc(C)c1O. The van der Waals surface area contributed by atoms with Crippen LogP contribution >= 0.6 is 15.9 Å². The second-order valence-corrected chi connectivity index (χ2v) is 12.9. The summed E-state index contributed by atoms with van der Waals surface area (Å²) in [6.07, 6.45) is 3.93. The molecule has 2 amide bonds. The van der Waals surface area contributed by atoms with Gasteiger partial charge in [-0.3, -0.25) is 24.1 Å². The minimum Gasteiger partial charge on any atom is -0.507 e. The first-order valence-electron chi connectivity index (χ1n) is 14.7. The van der Waals surface area contributed by atoms with Crippen molar-refractivity contribution in [3.05, 3.63) is 86.4 Å². The van der Waals surface area contributed by atoms with Gasteiger partial charge in [0, 0.05) is 41.9 Å². The summed E-state index contributed by atoms with van der Waals surface area (Å²) in [5.74, 6) is -2.98. The number of morpholine rings is 1. The van der Waals surface area contributed by atoms with E-state index in [1.807, 2.05) is 42.5 Å². The van der Waals surface area contributed by atoms with Crippen molar-refractivity contribution in [2.24, 2.45) is 17.8 Å². The van der Waals surface area contributed by atoms with Crippen molar-refractivity contribution < 1.29 is 29.0 Å². The fourth-order valence-corrected chi connectivity index (χ4v) is 8.08. The van der Waals surface area contributed by atoms with Gasteiger partial charge in [-0.05, 0) is 89.5 Å². The van der Waals surface area contributed by atoms with Gasteiger partial charge in [0.2, 0.25) is 11.8 Å². The molecule has 3 aliphatic carbocycles. The molecule has 5 aliphatic rings. The fraction of sp³-hybridized carbons (Fsp3) is 0.353. The van der Waals surface area contributed by atoms with Gasteiger partial charge in [0.25, 0.3) is 0 Å². The number of carbonyl (C=O) groups is 4. The van der Waals surface area contributed by atoms with Gasteiger partial charge in [0.1, 0.15) is 5.75 Å². The number of halogens is 1. The lowest BCUT2D eigenvalue weighted by Crippen LogP contribution is -2.39. The zero-order valence-corrected chi connectivity index (χ0v) is 25.5. The summed E-state index contributed by atoms with van der Waals surface area (Å²) < 4.78 is 5.65. The van der Waals surface area contributed by atoms with Gasteiger partial charge in [0.15, 0.2) is 11.6 Å². The molecule has 43 heavy (non-hydrogen) atoms. The number of hydrogen-bond acceptors (Lipinski definition) is 7. The van der Waals surface area contributed by atoms with E-state index in [1.54, 1.807) is 13.8 Å². The van der Waals surface area contributed by atoms with Crippen molar-refractivity contribution in [1.29, 1.82) is 0 Å². The highest BCUT2D eigenvalue weighted by Gasteiger charge is 2.56. The van der Waals surface area contributed by atoms with E-state index in [-0.39, 0.29) is 40.0 Å². The second-order valence-electron chi connectivity index (χ2n) is 12.0. The van der Waals surface area contributed by atoms with Crippen molar-refractivity contribution in [2.45, 2.75) is 32.6 Å². The summed E-state index contributed by atoms with van der Waals surface area (Å²) >= 11 is 3.27. The molecule has 2 aromatic carbocycles. The average Bonchev–Trinajstić information content (AvgIpc) is 3.27. The Morgan fingerprint density at radius 1 is 0.907 bits per heavy atom. The molecular formula is C34H31BrN2O6. The number of ether oxygens (including phenoxy) is 1. The van der Waals surface area contributed by atoms with Gasteiger partial charge in [-0.25, -0.2) is 0 Å². The molecule has 2 aliphatic heterocycles. The number of phenolic OH excluding ortho intramolecular Hbond substituents is 1. The Morgan fingerprint density at radius 3 is 2.23 bits per heavy atom. The predicted octanol–water partition coefficient (Wildman–Crippen LogP) is 4.81. The van der Waals surface area contributed by atoms with Crippen LogP contribution in [-0.4, -0.2) is 54.8 Å². The standard InChI is InChI=1S/C34H31BrN2O6/c1-17-13-19(14-18(2)31(17)39)28-22-7-8-23-29(24(22)15-25-30(28)27(38)16-26(35)32(25)40)34(42)37(33(23)41)21-5-3-20(4-6-21)36-9-11-43-12-10-36/h3-7,13-14,16,23-24,28-29,39H,8-12,15H2,1-2H3/t23-,24+,28-,29-/m0/s1. The molecule has 0 aromatic heterocycles. The molecule has 9 heteroatoms. The van der Waals surface area contributed by atoms with Crippen LogP contribution in [0.25, 0.3) is 0 Å². The predicted molar refractivity (Wildman–Crippen MR) is 164 cm³/mol. The largest absolute Gasteiger partial charge is 0.507 e. The lowest BCUT2D eigenvalue weighted by atomic mass is 9.59. The molecule has 0 spiro atoms. The van der Waals surface area contributed by atoms with Gasteiger partial charge in [-0.1, -0.05) is 23.8 Å². The van der Waals surface area contributed by atoms with Crippen LogP contribution in [0.4, 0.5) is 11.4 Å². The van der Waals surface area contributed by atoms with E-state index >= 15 is 0 Å². The van der Waals surface area contributed by atoms with E-state index in [9.17, 15) is 24.3 Å². The molecule has 0 radical (unpaired) electrons. The summed E-state index contributed by atoms with van der Waals surface area (Å²) in [4.78, 5) is 58.5. The zero-order valence-electron chi connectivity index (χ0n) is 23.9. The highest BCUT2D eigenvalue weighted by atomic mass is 79.9. The first-order chi connectivity index (χ1) is 20.7. The van der Waals surface area contributed by atoms with Crippen molar-refractivity contribution in [3.8, 4) is 5.75 Å². The highest BCUT2D eigenvalue weighted by Crippen LogP contribution is 2.56. The molecular weight excluding hydrogens is 612 g/mol. The van der Waals surface area contributed by atoms with E-state index < -0.39 is 23.7 Å². The highest BCUT2D eigenvalue weighted by molar-refractivity contribution is 9.12. The number of phenols is 1. The summed E-state index contributed by atoms with van der Waals surface area (Å²) in [6.45, 7) is 6.50. The number of aryl methyl sites for hydroxylation is 2. The number of Topliss-reactive ketones (excluding diaryl/α,β-unsaturated/α-hetero) is 1. The fourth-order valence-electron chi connectivity index (χ4n) is 7.63. The summed E-state index contributed by atoms with van der Waals surface area (Å²) in [5, 5.41) is 10.5. The summed E-state index contributed by atoms with van der Waals surface area (Å²) in [6, 6.07) is 11.2. The average molecular weight is 644 g/mol. The van der Waals surface area contributed by atoms with Gasteiger partial charge >= 0.3 is 0 Å². The Hall–Kier alpha value is -3.82. The molecule has 2 saturated heterocycles. The maximum atomic E-state index is 14.2. The quantitative estimate of drug-likeness (QED) is 0.291. The normalized spacial score (nSPS) is 27.1. The monoisotopic (exact) mass is 642 g/mol. The van der Waals surface area contributed by atoms with Gasteiger partial charge in [0.05, 0.1) is 35.2 Å². The van der Waals surface area contributed by atoms with Crippen molar-refractivity contribution >= 4 is 50.7 Å². The first kappa shape index (κ1) is 28.0. The van der Waals surface area contributed by atoms with Crippen molar-refractivity contribution in [2.75, 3.05) is 36.1 Å². The molecule has 220 valence electrons. The molecule has 4 atom stereocenters. The number of ketones is 2. The maximum Gasteiger partial charge on any atom is 0.238 e. The Bertz CT molecular complexity index is 1670. The Labute approximate surface area is 257 Å². The molecule has 2 fully saturated rings. The van der Waals surface area contributed by atoms with Crippen molar-refractivity contribution in [1.82, 2.24) is 0 Å². The number of hydrogen-bond donors (Lipinski definition) is 1. The third kappa shape index (κ3) is 4.35. The number of fused-ring (bicyclic) bond motifs is 3. The molecule has 2 heterocycles. The Morgan fingerprint density at radius 2 is 1.56 bits per heavy atom. The molecule has 1 N–H and O–H groups in total. The minimum absolute atomic E-state index is 0.184. The lowest BCUT2D eigenvalue weighted by molar-refractivity contribution is -0.123. The third-order valence-corrected chi connectivity index (χ3v) is 10.3. The van der Waals surface area contributed by atoms with E-state index in [1.165, 1.54) is 11.0 Å². The molecule has 0 bridgehead atoms. The van der Waals surface area contributed by atoms with E-state index in [0.29, 0.717) is 47.6 Å². The van der Waals surface area contributed by atoms with Crippen LogP contribution in [-0.2, 0) is 23.9 Å². The molecule has 0 saturated carbocycles. The van der Waals surface area contributed by atoms with Gasteiger partial charge < -0.3 is 14.7 Å². The molecule has 0 unspecified atom stereocenters. The summed E-state index contributed by atoms with van der Waals surface area (Å²) in [7, 11) is 0. The number of nitrogens with zero attached hydrogens (tertiary/aromatic N) is 2. The van der Waals surface area contributed by atoms with E-state index in [2.05, 4.69) is 20.8 Å². The topological polar surface area (TPSA) is 104 Å².